The summed E-state index contributed by atoms with van der Waals surface area (Å²) in [6.07, 6.45) is 0.501. The van der Waals surface area contributed by atoms with E-state index in [2.05, 4.69) is 0 Å². The van der Waals surface area contributed by atoms with E-state index >= 15 is 0 Å². The highest BCUT2D eigenvalue weighted by molar-refractivity contribution is 5.87. The van der Waals surface area contributed by atoms with E-state index in [0.717, 1.165) is 10.3 Å². The molecule has 0 aliphatic carbocycles. The van der Waals surface area contributed by atoms with Crippen LogP contribution in [0.2, 0.25) is 0 Å². The Bertz CT molecular complexity index is 813. The largest absolute Gasteiger partial charge is 0.618 e. The maximum absolute atomic E-state index is 14.2. The molecule has 0 amide bonds. The van der Waals surface area contributed by atoms with E-state index in [0.29, 0.717) is 34.1 Å². The van der Waals surface area contributed by atoms with E-state index in [4.69, 9.17) is 0 Å². The molecule has 1 aromatic heterocycles. The Morgan fingerprint density at radius 1 is 1.00 bits per heavy atom. The lowest BCUT2D eigenvalue weighted by Gasteiger charge is -2.14. The summed E-state index contributed by atoms with van der Waals surface area (Å²) in [4.78, 5) is 0. The van der Waals surface area contributed by atoms with Crippen molar-refractivity contribution in [1.82, 2.24) is 0 Å². The molecular weight excluding hydrogens is 265 g/mol. The molecule has 3 aromatic rings. The lowest BCUT2D eigenvalue weighted by atomic mass is 9.98. The summed E-state index contributed by atoms with van der Waals surface area (Å²) in [5.41, 5.74) is 2.91. The van der Waals surface area contributed by atoms with Gasteiger partial charge < -0.3 is 5.21 Å². The molecule has 0 saturated heterocycles. The summed E-state index contributed by atoms with van der Waals surface area (Å²) in [5, 5.41) is 13.7. The normalized spacial score (nSPS) is 11.0. The molecule has 1 heterocycles. The second-order valence-electron chi connectivity index (χ2n) is 5.28. The number of hydrogen-bond acceptors (Lipinski definition) is 1. The minimum Gasteiger partial charge on any atom is -0.618 e. The topological polar surface area (TPSA) is 26.9 Å². The van der Waals surface area contributed by atoms with Gasteiger partial charge in [0.1, 0.15) is 5.82 Å². The first-order valence-corrected chi connectivity index (χ1v) is 6.93. The fourth-order valence-electron chi connectivity index (χ4n) is 2.81. The molecule has 0 N–H and O–H groups in total. The molecular formula is C18H16FNO. The maximum Gasteiger partial charge on any atom is 0.201 e. The van der Waals surface area contributed by atoms with Crippen LogP contribution < -0.4 is 4.73 Å². The molecule has 0 spiro atoms. The van der Waals surface area contributed by atoms with Crippen molar-refractivity contribution in [3.05, 3.63) is 82.1 Å². The molecule has 106 valence electrons. The Hall–Kier alpha value is -2.42. The summed E-state index contributed by atoms with van der Waals surface area (Å²) in [5.74, 6) is -0.275. The van der Waals surface area contributed by atoms with Gasteiger partial charge in [0, 0.05) is 17.9 Å². The molecule has 0 fully saturated rings. The monoisotopic (exact) mass is 281 g/mol. The lowest BCUT2D eigenvalue weighted by molar-refractivity contribution is -0.619. The van der Waals surface area contributed by atoms with E-state index in [9.17, 15) is 9.60 Å². The van der Waals surface area contributed by atoms with Gasteiger partial charge in [-0.1, -0.05) is 36.4 Å². The van der Waals surface area contributed by atoms with Crippen molar-refractivity contribution in [3.8, 4) is 0 Å². The third kappa shape index (κ3) is 2.25. The molecule has 0 unspecified atom stereocenters. The van der Waals surface area contributed by atoms with Crippen LogP contribution in [0.25, 0.3) is 10.8 Å². The molecule has 21 heavy (non-hydrogen) atoms. The number of rotatable bonds is 2. The molecule has 0 saturated carbocycles. The standard InChI is InChI=1S/C18H16FNO/c1-12-17(11-14-7-4-3-5-8-14)20(21)13(2)15-9-6-10-16(19)18(12)15/h3-10H,11H2,1-2H3. The van der Waals surface area contributed by atoms with Gasteiger partial charge in [-0.3, -0.25) is 0 Å². The first-order valence-electron chi connectivity index (χ1n) is 6.93. The molecule has 3 heteroatoms. The van der Waals surface area contributed by atoms with Crippen LogP contribution >= 0.6 is 0 Å². The molecule has 0 aliphatic heterocycles. The number of benzene rings is 2. The molecule has 2 nitrogen and oxygen atoms in total. The molecule has 0 bridgehead atoms. The fraction of sp³-hybridized carbons (Fsp3) is 0.167. The first-order chi connectivity index (χ1) is 10.1. The predicted molar refractivity (Wildman–Crippen MR) is 81.6 cm³/mol. The smallest absolute Gasteiger partial charge is 0.201 e. The minimum atomic E-state index is -0.275. The van der Waals surface area contributed by atoms with Crippen molar-refractivity contribution in [2.24, 2.45) is 0 Å². The van der Waals surface area contributed by atoms with E-state index in [-0.39, 0.29) is 5.82 Å². The molecule has 0 aliphatic rings. The number of hydrogen-bond donors (Lipinski definition) is 0. The van der Waals surface area contributed by atoms with Crippen LogP contribution in [0, 0.1) is 24.9 Å². The van der Waals surface area contributed by atoms with Gasteiger partial charge in [0.2, 0.25) is 5.69 Å². The average molecular weight is 281 g/mol. The second-order valence-corrected chi connectivity index (χ2v) is 5.28. The van der Waals surface area contributed by atoms with E-state index in [1.54, 1.807) is 19.1 Å². The van der Waals surface area contributed by atoms with E-state index in [1.165, 1.54) is 6.07 Å². The van der Waals surface area contributed by atoms with Crippen molar-refractivity contribution < 1.29 is 9.12 Å². The zero-order chi connectivity index (χ0) is 15.0. The van der Waals surface area contributed by atoms with Crippen LogP contribution in [-0.4, -0.2) is 0 Å². The zero-order valence-corrected chi connectivity index (χ0v) is 12.1. The second kappa shape index (κ2) is 5.17. The summed E-state index contributed by atoms with van der Waals surface area (Å²) < 4.78 is 15.1. The van der Waals surface area contributed by atoms with E-state index < -0.39 is 0 Å². The third-order valence-corrected chi connectivity index (χ3v) is 3.98. The van der Waals surface area contributed by atoms with Gasteiger partial charge in [-0.2, -0.15) is 4.73 Å². The Labute approximate surface area is 123 Å². The maximum atomic E-state index is 14.2. The summed E-state index contributed by atoms with van der Waals surface area (Å²) in [7, 11) is 0. The number of nitrogens with zero attached hydrogens (tertiary/aromatic N) is 1. The van der Waals surface area contributed by atoms with Gasteiger partial charge >= 0.3 is 0 Å². The fourth-order valence-corrected chi connectivity index (χ4v) is 2.81. The highest BCUT2D eigenvalue weighted by Gasteiger charge is 2.20. The number of halogens is 1. The van der Waals surface area contributed by atoms with Gasteiger partial charge in [-0.15, -0.1) is 0 Å². The molecule has 2 aromatic carbocycles. The SMILES string of the molecule is Cc1c(Cc2ccccc2)[n+]([O-])c(C)c2cccc(F)c12. The minimum absolute atomic E-state index is 0.275. The van der Waals surface area contributed by atoms with Crippen molar-refractivity contribution in [2.75, 3.05) is 0 Å². The molecule has 0 radical (unpaired) electrons. The average Bonchev–Trinajstić information content (AvgIpc) is 2.50. The number of aromatic nitrogens is 1. The Morgan fingerprint density at radius 3 is 2.43 bits per heavy atom. The van der Waals surface area contributed by atoms with Crippen molar-refractivity contribution in [3.63, 3.8) is 0 Å². The quantitative estimate of drug-likeness (QED) is 0.518. The van der Waals surface area contributed by atoms with Gasteiger partial charge in [-0.05, 0) is 24.6 Å². The third-order valence-electron chi connectivity index (χ3n) is 3.98. The van der Waals surface area contributed by atoms with Gasteiger partial charge in [0.15, 0.2) is 5.69 Å². The summed E-state index contributed by atoms with van der Waals surface area (Å²) in [6.45, 7) is 3.56. The van der Waals surface area contributed by atoms with Crippen LogP contribution in [-0.2, 0) is 6.42 Å². The Balaban J connectivity index is 2.26. The van der Waals surface area contributed by atoms with Gasteiger partial charge in [0.05, 0.1) is 11.8 Å². The predicted octanol–water partition coefficient (Wildman–Crippen LogP) is 3.82. The number of aryl methyl sites for hydroxylation is 2. The van der Waals surface area contributed by atoms with Gasteiger partial charge in [0.25, 0.3) is 0 Å². The van der Waals surface area contributed by atoms with Crippen LogP contribution in [0.4, 0.5) is 4.39 Å². The molecule has 0 atom stereocenters. The molecule has 3 rings (SSSR count). The highest BCUT2D eigenvalue weighted by atomic mass is 19.1. The van der Waals surface area contributed by atoms with Crippen LogP contribution in [0.1, 0.15) is 22.5 Å². The first kappa shape index (κ1) is 13.6. The van der Waals surface area contributed by atoms with Crippen molar-refractivity contribution in [2.45, 2.75) is 20.3 Å². The van der Waals surface area contributed by atoms with Crippen molar-refractivity contribution in [1.29, 1.82) is 0 Å². The van der Waals surface area contributed by atoms with Crippen LogP contribution in [0.5, 0.6) is 0 Å². The number of fused-ring (bicyclic) bond motifs is 1. The highest BCUT2D eigenvalue weighted by Crippen LogP contribution is 2.25. The summed E-state index contributed by atoms with van der Waals surface area (Å²) in [6, 6.07) is 14.6. The number of pyridine rings is 1. The van der Waals surface area contributed by atoms with Crippen LogP contribution in [0.3, 0.4) is 0 Å². The van der Waals surface area contributed by atoms with E-state index in [1.807, 2.05) is 37.3 Å². The Kier molecular flexibility index (Phi) is 3.34. The van der Waals surface area contributed by atoms with Crippen LogP contribution in [0.15, 0.2) is 48.5 Å². The Morgan fingerprint density at radius 2 is 1.71 bits per heavy atom. The zero-order valence-electron chi connectivity index (χ0n) is 12.1. The lowest BCUT2D eigenvalue weighted by Crippen LogP contribution is -2.37. The van der Waals surface area contributed by atoms with Gasteiger partial charge in [-0.25, -0.2) is 4.39 Å². The van der Waals surface area contributed by atoms with Crippen molar-refractivity contribution >= 4 is 10.8 Å². The summed E-state index contributed by atoms with van der Waals surface area (Å²) >= 11 is 0.